The molecule has 1 aromatic carbocycles. The summed E-state index contributed by atoms with van der Waals surface area (Å²) in [6, 6.07) is 4.93. The van der Waals surface area contributed by atoms with Crippen LogP contribution in [-0.2, 0) is 0 Å². The van der Waals surface area contributed by atoms with Crippen LogP contribution in [0.1, 0.15) is 0 Å². The van der Waals surface area contributed by atoms with Crippen LogP contribution >= 0.6 is 0 Å². The number of hydrogen-bond acceptors (Lipinski definition) is 2. The number of carbonyl (C=O) groups excluding carboxylic acids is 1. The average molecular weight is 262 g/mol. The van der Waals surface area contributed by atoms with Crippen LogP contribution in [0.3, 0.4) is 0 Å². The molecule has 18 heavy (non-hydrogen) atoms. The third-order valence-electron chi connectivity index (χ3n) is 2.18. The highest BCUT2D eigenvalue weighted by Gasteiger charge is 2.33. The van der Waals surface area contributed by atoms with Crippen LogP contribution in [0.2, 0.25) is 0 Å². The zero-order chi connectivity index (χ0) is 13.8. The summed E-state index contributed by atoms with van der Waals surface area (Å²) < 4.78 is 42.1. The normalized spacial score (nSPS) is 10.9. The predicted molar refractivity (Wildman–Crippen MR) is 60.9 cm³/mol. The number of halogens is 3. The first-order chi connectivity index (χ1) is 8.37. The van der Waals surface area contributed by atoms with Gasteiger partial charge in [-0.05, 0) is 24.3 Å². The van der Waals surface area contributed by atoms with E-state index in [4.69, 9.17) is 4.74 Å². The van der Waals surface area contributed by atoms with E-state index in [0.29, 0.717) is 10.6 Å². The van der Waals surface area contributed by atoms with Crippen molar-refractivity contribution in [2.75, 3.05) is 25.6 Å². The van der Waals surface area contributed by atoms with Gasteiger partial charge in [-0.2, -0.15) is 13.2 Å². The quantitative estimate of drug-likeness (QED) is 0.908. The van der Waals surface area contributed by atoms with Crippen molar-refractivity contribution in [1.82, 2.24) is 5.32 Å². The van der Waals surface area contributed by atoms with Crippen LogP contribution in [0.15, 0.2) is 24.3 Å². The zero-order valence-electron chi connectivity index (χ0n) is 9.91. The molecule has 0 aliphatic rings. The fraction of sp³-hybridized carbons (Fsp3) is 0.364. The molecular weight excluding hydrogens is 249 g/mol. The number of ether oxygens (including phenoxy) is 1. The number of methoxy groups -OCH3 is 1. The van der Waals surface area contributed by atoms with Crippen LogP contribution < -0.4 is 15.0 Å². The molecule has 0 radical (unpaired) electrons. The number of alkyl halides is 3. The highest BCUT2D eigenvalue weighted by molar-refractivity contribution is 5.91. The van der Waals surface area contributed by atoms with Gasteiger partial charge in [0.25, 0.3) is 0 Å². The number of urea groups is 1. The van der Waals surface area contributed by atoms with Gasteiger partial charge in [-0.3, -0.25) is 4.90 Å². The van der Waals surface area contributed by atoms with E-state index < -0.39 is 18.8 Å². The van der Waals surface area contributed by atoms with E-state index in [2.05, 4.69) is 5.32 Å². The fourth-order valence-electron chi connectivity index (χ4n) is 1.36. The van der Waals surface area contributed by atoms with E-state index in [1.807, 2.05) is 0 Å². The Labute approximate surface area is 102 Å². The molecule has 0 heterocycles. The first kappa shape index (κ1) is 14.1. The number of hydrogen-bond donors (Lipinski definition) is 1. The van der Waals surface area contributed by atoms with Crippen molar-refractivity contribution in [2.24, 2.45) is 0 Å². The number of nitrogens with one attached hydrogen (secondary N) is 1. The van der Waals surface area contributed by atoms with Crippen molar-refractivity contribution in [3.63, 3.8) is 0 Å². The molecule has 2 amide bonds. The van der Waals surface area contributed by atoms with Crippen molar-refractivity contribution >= 4 is 11.7 Å². The molecule has 1 aromatic rings. The lowest BCUT2D eigenvalue weighted by atomic mass is 10.2. The van der Waals surface area contributed by atoms with E-state index in [1.165, 1.54) is 38.4 Å². The van der Waals surface area contributed by atoms with Gasteiger partial charge >= 0.3 is 12.2 Å². The maximum Gasteiger partial charge on any atom is 0.406 e. The molecule has 0 fully saturated rings. The first-order valence-corrected chi connectivity index (χ1v) is 5.07. The maximum atomic E-state index is 12.4. The van der Waals surface area contributed by atoms with Gasteiger partial charge in [0.05, 0.1) is 7.11 Å². The Balaban J connectivity index is 2.97. The first-order valence-electron chi connectivity index (χ1n) is 5.07. The molecule has 0 aromatic heterocycles. The summed E-state index contributed by atoms with van der Waals surface area (Å²) in [5.41, 5.74) is 0.146. The maximum absolute atomic E-state index is 12.4. The Hall–Kier alpha value is -1.92. The van der Waals surface area contributed by atoms with Crippen LogP contribution in [0, 0.1) is 0 Å². The molecular formula is C11H13F3N2O2. The summed E-state index contributed by atoms with van der Waals surface area (Å²) in [4.78, 5) is 12.0. The topological polar surface area (TPSA) is 41.6 Å². The minimum atomic E-state index is -4.47. The number of rotatable bonds is 3. The van der Waals surface area contributed by atoms with E-state index in [0.717, 1.165) is 0 Å². The second-order valence-electron chi connectivity index (χ2n) is 3.45. The smallest absolute Gasteiger partial charge is 0.406 e. The van der Waals surface area contributed by atoms with Crippen molar-refractivity contribution in [1.29, 1.82) is 0 Å². The molecule has 100 valence electrons. The summed E-state index contributed by atoms with van der Waals surface area (Å²) in [6.07, 6.45) is -4.47. The largest absolute Gasteiger partial charge is 0.497 e. The molecule has 7 heteroatoms. The molecule has 1 rings (SSSR count). The predicted octanol–water partition coefficient (Wildman–Crippen LogP) is 2.40. The van der Waals surface area contributed by atoms with Gasteiger partial charge in [-0.1, -0.05) is 0 Å². The third kappa shape index (κ3) is 3.83. The van der Waals surface area contributed by atoms with Crippen molar-refractivity contribution < 1.29 is 22.7 Å². The molecule has 0 spiro atoms. The number of nitrogens with zero attached hydrogens (tertiary/aromatic N) is 1. The number of carbonyl (C=O) groups is 1. The summed E-state index contributed by atoms with van der Waals surface area (Å²) in [5.74, 6) is 0.502. The lowest BCUT2D eigenvalue weighted by Crippen LogP contribution is -2.43. The fourth-order valence-corrected chi connectivity index (χ4v) is 1.36. The lowest BCUT2D eigenvalue weighted by molar-refractivity contribution is -0.118. The minimum absolute atomic E-state index is 0.146. The van der Waals surface area contributed by atoms with Crippen LogP contribution in [0.4, 0.5) is 23.7 Å². The summed E-state index contributed by atoms with van der Waals surface area (Å²) in [7, 11) is 2.72. The van der Waals surface area contributed by atoms with Gasteiger partial charge in [-0.15, -0.1) is 0 Å². The molecule has 0 aliphatic heterocycles. The molecule has 4 nitrogen and oxygen atoms in total. The molecule has 0 saturated heterocycles. The Kier molecular flexibility index (Phi) is 4.41. The second-order valence-corrected chi connectivity index (χ2v) is 3.45. The molecule has 0 bridgehead atoms. The van der Waals surface area contributed by atoms with Gasteiger partial charge in [0.15, 0.2) is 0 Å². The second kappa shape index (κ2) is 5.61. The van der Waals surface area contributed by atoms with Crippen LogP contribution in [-0.4, -0.2) is 32.9 Å². The monoisotopic (exact) mass is 262 g/mol. The van der Waals surface area contributed by atoms with Crippen LogP contribution in [0.5, 0.6) is 5.75 Å². The van der Waals surface area contributed by atoms with Crippen LogP contribution in [0.25, 0.3) is 0 Å². The minimum Gasteiger partial charge on any atom is -0.497 e. The molecule has 0 saturated carbocycles. The lowest BCUT2D eigenvalue weighted by Gasteiger charge is -2.23. The third-order valence-corrected chi connectivity index (χ3v) is 2.18. The Morgan fingerprint density at radius 1 is 1.33 bits per heavy atom. The van der Waals surface area contributed by atoms with Gasteiger partial charge in [-0.25, -0.2) is 4.79 Å². The summed E-state index contributed by atoms with van der Waals surface area (Å²) in [5, 5.41) is 2.17. The van der Waals surface area contributed by atoms with Crippen molar-refractivity contribution in [3.8, 4) is 5.75 Å². The SMILES string of the molecule is CNC(=O)N(CC(F)(F)F)c1ccc(OC)cc1. The van der Waals surface area contributed by atoms with Gasteiger partial charge in [0, 0.05) is 12.7 Å². The Morgan fingerprint density at radius 2 is 1.89 bits per heavy atom. The molecule has 0 aliphatic carbocycles. The van der Waals surface area contributed by atoms with Crippen molar-refractivity contribution in [2.45, 2.75) is 6.18 Å². The highest BCUT2D eigenvalue weighted by Crippen LogP contribution is 2.24. The standard InChI is InChI=1S/C11H13F3N2O2/c1-15-10(17)16(7-11(12,13)14)8-3-5-9(18-2)6-4-8/h3-6H,7H2,1-2H3,(H,15,17). The van der Waals surface area contributed by atoms with Crippen molar-refractivity contribution in [3.05, 3.63) is 24.3 Å². The Bertz CT molecular complexity index is 404. The number of anilines is 1. The summed E-state index contributed by atoms with van der Waals surface area (Å²) in [6.45, 7) is -1.35. The number of benzene rings is 1. The molecule has 0 atom stereocenters. The zero-order valence-corrected chi connectivity index (χ0v) is 9.91. The molecule has 0 unspecified atom stereocenters. The van der Waals surface area contributed by atoms with E-state index in [9.17, 15) is 18.0 Å². The van der Waals surface area contributed by atoms with E-state index >= 15 is 0 Å². The van der Waals surface area contributed by atoms with E-state index in [1.54, 1.807) is 0 Å². The summed E-state index contributed by atoms with van der Waals surface area (Å²) >= 11 is 0. The highest BCUT2D eigenvalue weighted by atomic mass is 19.4. The van der Waals surface area contributed by atoms with E-state index in [-0.39, 0.29) is 5.69 Å². The van der Waals surface area contributed by atoms with Gasteiger partial charge in [0.1, 0.15) is 12.3 Å². The number of amides is 2. The van der Waals surface area contributed by atoms with Gasteiger partial charge in [0.2, 0.25) is 0 Å². The Morgan fingerprint density at radius 3 is 2.28 bits per heavy atom. The average Bonchev–Trinajstić information content (AvgIpc) is 2.34. The molecule has 1 N–H and O–H groups in total. The van der Waals surface area contributed by atoms with Gasteiger partial charge < -0.3 is 10.1 Å².